The second-order valence-electron chi connectivity index (χ2n) is 9.26. The maximum atomic E-state index is 12.3. The molecule has 0 aliphatic heterocycles. The molecule has 0 unspecified atom stereocenters. The minimum absolute atomic E-state index is 0.0652. The van der Waals surface area contributed by atoms with Crippen molar-refractivity contribution in [2.24, 2.45) is 0 Å². The van der Waals surface area contributed by atoms with E-state index in [9.17, 15) is 15.0 Å². The average Bonchev–Trinajstić information content (AvgIpc) is 2.77. The van der Waals surface area contributed by atoms with Crippen LogP contribution in [0.5, 0.6) is 0 Å². The fourth-order valence-electron chi connectivity index (χ4n) is 4.08. The standard InChI is InChI=1S/C26H53NO4/c1-3-5-7-9-10-11-12-13-14-15-17-18-20-23(26(31)24(29)22-28)27-25(30)21-19-16-8-6-4-2/h23-24,26,28-29,31H,3-22H2,1-2H3,(H,27,30)/t23-,24-,26-/m0/s1. The molecule has 5 heteroatoms. The Morgan fingerprint density at radius 1 is 0.677 bits per heavy atom. The van der Waals surface area contributed by atoms with Gasteiger partial charge in [-0.25, -0.2) is 0 Å². The minimum atomic E-state index is -1.22. The molecule has 31 heavy (non-hydrogen) atoms. The summed E-state index contributed by atoms with van der Waals surface area (Å²) >= 11 is 0. The molecule has 0 saturated carbocycles. The average molecular weight is 444 g/mol. The second-order valence-corrected chi connectivity index (χ2v) is 9.26. The van der Waals surface area contributed by atoms with Crippen LogP contribution in [0, 0.1) is 0 Å². The fraction of sp³-hybridized carbons (Fsp3) is 0.962. The normalized spacial score (nSPS) is 14.4. The van der Waals surface area contributed by atoms with Gasteiger partial charge in [-0.05, 0) is 12.8 Å². The number of unbranched alkanes of at least 4 members (excludes halogenated alkanes) is 15. The van der Waals surface area contributed by atoms with E-state index < -0.39 is 24.9 Å². The van der Waals surface area contributed by atoms with Crippen molar-refractivity contribution in [3.05, 3.63) is 0 Å². The highest BCUT2D eigenvalue weighted by Gasteiger charge is 2.26. The third kappa shape index (κ3) is 18.6. The fourth-order valence-corrected chi connectivity index (χ4v) is 4.08. The Bertz CT molecular complexity index is 392. The first-order chi connectivity index (χ1) is 15.1. The van der Waals surface area contributed by atoms with Gasteiger partial charge >= 0.3 is 0 Å². The van der Waals surface area contributed by atoms with E-state index in [0.29, 0.717) is 12.8 Å². The Morgan fingerprint density at radius 3 is 1.55 bits per heavy atom. The number of hydrogen-bond acceptors (Lipinski definition) is 4. The number of hydrogen-bond donors (Lipinski definition) is 4. The molecule has 3 atom stereocenters. The number of carbonyl (C=O) groups is 1. The van der Waals surface area contributed by atoms with Gasteiger partial charge in [-0.15, -0.1) is 0 Å². The molecular weight excluding hydrogens is 390 g/mol. The molecule has 4 N–H and O–H groups in total. The van der Waals surface area contributed by atoms with Gasteiger partial charge in [-0.3, -0.25) is 4.79 Å². The van der Waals surface area contributed by atoms with E-state index in [1.807, 2.05) is 0 Å². The highest BCUT2D eigenvalue weighted by molar-refractivity contribution is 5.76. The molecule has 0 heterocycles. The van der Waals surface area contributed by atoms with E-state index in [1.54, 1.807) is 0 Å². The third-order valence-electron chi connectivity index (χ3n) is 6.22. The zero-order valence-corrected chi connectivity index (χ0v) is 20.6. The quantitative estimate of drug-likeness (QED) is 0.154. The summed E-state index contributed by atoms with van der Waals surface area (Å²) < 4.78 is 0. The first kappa shape index (κ1) is 30.4. The van der Waals surface area contributed by atoms with E-state index in [1.165, 1.54) is 77.0 Å². The molecular formula is C26H53NO4. The first-order valence-corrected chi connectivity index (χ1v) is 13.3. The first-order valence-electron chi connectivity index (χ1n) is 13.3. The molecule has 0 rings (SSSR count). The highest BCUT2D eigenvalue weighted by atomic mass is 16.4. The van der Waals surface area contributed by atoms with Crippen molar-refractivity contribution in [3.8, 4) is 0 Å². The summed E-state index contributed by atoms with van der Waals surface area (Å²) in [4.78, 5) is 12.3. The van der Waals surface area contributed by atoms with Gasteiger partial charge in [0, 0.05) is 6.42 Å². The SMILES string of the molecule is CCCCCCCCCCCCCC[C@H](NC(=O)CCCCCCC)[C@H](O)[C@@H](O)CO. The second kappa shape index (κ2) is 22.5. The third-order valence-corrected chi connectivity index (χ3v) is 6.22. The molecule has 0 aromatic carbocycles. The van der Waals surface area contributed by atoms with Crippen LogP contribution < -0.4 is 5.32 Å². The largest absolute Gasteiger partial charge is 0.394 e. The lowest BCUT2D eigenvalue weighted by atomic mass is 9.98. The van der Waals surface area contributed by atoms with Crippen LogP contribution >= 0.6 is 0 Å². The van der Waals surface area contributed by atoms with Crippen molar-refractivity contribution in [2.75, 3.05) is 6.61 Å². The lowest BCUT2D eigenvalue weighted by molar-refractivity contribution is -0.124. The molecule has 0 saturated heterocycles. The summed E-state index contributed by atoms with van der Waals surface area (Å²) in [6.45, 7) is 3.92. The van der Waals surface area contributed by atoms with Crippen LogP contribution in [0.2, 0.25) is 0 Å². The van der Waals surface area contributed by atoms with Gasteiger partial charge in [-0.1, -0.05) is 117 Å². The predicted octanol–water partition coefficient (Wildman–Crippen LogP) is 5.64. The highest BCUT2D eigenvalue weighted by Crippen LogP contribution is 2.15. The van der Waals surface area contributed by atoms with Gasteiger partial charge in [0.25, 0.3) is 0 Å². The topological polar surface area (TPSA) is 89.8 Å². The predicted molar refractivity (Wildman–Crippen MR) is 130 cm³/mol. The molecule has 0 aliphatic rings. The maximum Gasteiger partial charge on any atom is 0.220 e. The van der Waals surface area contributed by atoms with Crippen molar-refractivity contribution >= 4 is 5.91 Å². The molecule has 186 valence electrons. The lowest BCUT2D eigenvalue weighted by Crippen LogP contribution is -2.49. The number of rotatable bonds is 23. The molecule has 0 spiro atoms. The molecule has 0 aliphatic carbocycles. The van der Waals surface area contributed by atoms with Crippen molar-refractivity contribution in [1.82, 2.24) is 5.32 Å². The van der Waals surface area contributed by atoms with E-state index in [2.05, 4.69) is 19.2 Å². The van der Waals surface area contributed by atoms with Crippen molar-refractivity contribution in [3.63, 3.8) is 0 Å². The Labute approximate surface area is 192 Å². The van der Waals surface area contributed by atoms with E-state index in [-0.39, 0.29) is 5.91 Å². The summed E-state index contributed by atoms with van der Waals surface area (Å²) in [7, 11) is 0. The van der Waals surface area contributed by atoms with Gasteiger partial charge in [0.1, 0.15) is 12.2 Å². The minimum Gasteiger partial charge on any atom is -0.394 e. The van der Waals surface area contributed by atoms with Gasteiger partial charge in [0.05, 0.1) is 12.6 Å². The monoisotopic (exact) mass is 443 g/mol. The summed E-state index contributed by atoms with van der Waals surface area (Å²) in [5.74, 6) is -0.0652. The Balaban J connectivity index is 3.99. The van der Waals surface area contributed by atoms with Crippen LogP contribution in [0.1, 0.15) is 136 Å². The smallest absolute Gasteiger partial charge is 0.220 e. The van der Waals surface area contributed by atoms with Crippen molar-refractivity contribution < 1.29 is 20.1 Å². The summed E-state index contributed by atoms with van der Waals surface area (Å²) in [5.41, 5.74) is 0. The molecule has 0 aromatic rings. The number of carbonyl (C=O) groups excluding carboxylic acids is 1. The number of aliphatic hydroxyl groups excluding tert-OH is 3. The van der Waals surface area contributed by atoms with Crippen LogP contribution in [0.3, 0.4) is 0 Å². The van der Waals surface area contributed by atoms with Crippen molar-refractivity contribution in [2.45, 2.75) is 154 Å². The van der Waals surface area contributed by atoms with E-state index in [0.717, 1.165) is 32.1 Å². The van der Waals surface area contributed by atoms with Crippen molar-refractivity contribution in [1.29, 1.82) is 0 Å². The van der Waals surface area contributed by atoms with E-state index >= 15 is 0 Å². The van der Waals surface area contributed by atoms with E-state index in [4.69, 9.17) is 5.11 Å². The Kier molecular flexibility index (Phi) is 22.1. The molecule has 0 aromatic heterocycles. The molecule has 5 nitrogen and oxygen atoms in total. The van der Waals surface area contributed by atoms with Crippen LogP contribution in [-0.2, 0) is 4.79 Å². The van der Waals surface area contributed by atoms with Gasteiger partial charge in [0.2, 0.25) is 5.91 Å². The molecule has 0 bridgehead atoms. The number of amides is 1. The lowest BCUT2D eigenvalue weighted by Gasteiger charge is -2.27. The zero-order chi connectivity index (χ0) is 23.2. The molecule has 0 radical (unpaired) electrons. The number of nitrogens with one attached hydrogen (secondary N) is 1. The van der Waals surface area contributed by atoms with Gasteiger partial charge in [0.15, 0.2) is 0 Å². The van der Waals surface area contributed by atoms with Gasteiger partial charge < -0.3 is 20.6 Å². The zero-order valence-electron chi connectivity index (χ0n) is 20.6. The van der Waals surface area contributed by atoms with Crippen LogP contribution in [-0.4, -0.2) is 46.1 Å². The van der Waals surface area contributed by atoms with Crippen LogP contribution in [0.15, 0.2) is 0 Å². The molecule has 0 fully saturated rings. The Morgan fingerprint density at radius 2 is 1.10 bits per heavy atom. The summed E-state index contributed by atoms with van der Waals surface area (Å²) in [6, 6.07) is -0.492. The van der Waals surface area contributed by atoms with Crippen LogP contribution in [0.4, 0.5) is 0 Å². The number of aliphatic hydroxyl groups is 3. The summed E-state index contributed by atoms with van der Waals surface area (Å²) in [6.07, 6.45) is 19.3. The Hall–Kier alpha value is -0.650. The maximum absolute atomic E-state index is 12.3. The summed E-state index contributed by atoms with van der Waals surface area (Å²) in [5, 5.41) is 32.2. The van der Waals surface area contributed by atoms with Crippen LogP contribution in [0.25, 0.3) is 0 Å². The van der Waals surface area contributed by atoms with Gasteiger partial charge in [-0.2, -0.15) is 0 Å². The molecule has 1 amide bonds.